The average molecular weight is 253 g/mol. The maximum atomic E-state index is 12.6. The number of allylic oxidation sites excluding steroid dienone is 2. The van der Waals surface area contributed by atoms with Crippen molar-refractivity contribution in [3.8, 4) is 0 Å². The summed E-state index contributed by atoms with van der Waals surface area (Å²) in [4.78, 5) is 26.6. The fourth-order valence-electron chi connectivity index (χ4n) is 3.92. The maximum absolute atomic E-state index is 12.6. The molecule has 19 heavy (non-hydrogen) atoms. The fraction of sp³-hybridized carbons (Fsp3) is 0.375. The lowest BCUT2D eigenvalue weighted by Crippen LogP contribution is -2.32. The predicted molar refractivity (Wildman–Crippen MR) is 71.4 cm³/mol. The zero-order valence-electron chi connectivity index (χ0n) is 10.7. The van der Waals surface area contributed by atoms with Crippen molar-refractivity contribution in [3.63, 3.8) is 0 Å². The van der Waals surface area contributed by atoms with Crippen LogP contribution in [0.15, 0.2) is 36.4 Å². The third-order valence-electron chi connectivity index (χ3n) is 4.73. The minimum Gasteiger partial charge on any atom is -0.274 e. The van der Waals surface area contributed by atoms with Gasteiger partial charge in [0, 0.05) is 0 Å². The number of carbonyl (C=O) groups is 2. The largest absolute Gasteiger partial charge is 0.274 e. The minimum absolute atomic E-state index is 0.00236. The number of carbonyl (C=O) groups excluding carboxylic acids is 2. The average Bonchev–Trinajstić information content (AvgIpc) is 3.04. The summed E-state index contributed by atoms with van der Waals surface area (Å²) in [5.74, 6) is 0.337. The molecule has 1 aliphatic heterocycles. The Hall–Kier alpha value is -1.90. The standard InChI is InChI=1S/C16H15NO2/c1-9-3-2-4-12(7-9)17-15(18)13-10-5-6-11(8-10)14(13)16(17)19/h2-7,10-11,13-14H,8H2,1H3/t10-,11+,13-,14-/m0/s1. The van der Waals surface area contributed by atoms with E-state index in [0.29, 0.717) is 0 Å². The van der Waals surface area contributed by atoms with Crippen LogP contribution in [0.2, 0.25) is 0 Å². The molecule has 0 aromatic heterocycles. The zero-order chi connectivity index (χ0) is 13.1. The number of hydrogen-bond acceptors (Lipinski definition) is 2. The van der Waals surface area contributed by atoms with Gasteiger partial charge in [0.2, 0.25) is 11.8 Å². The molecule has 3 heteroatoms. The highest BCUT2D eigenvalue weighted by Gasteiger charge is 2.59. The van der Waals surface area contributed by atoms with Crippen molar-refractivity contribution in [2.75, 3.05) is 4.90 Å². The van der Waals surface area contributed by atoms with Crippen molar-refractivity contribution in [1.29, 1.82) is 0 Å². The van der Waals surface area contributed by atoms with Gasteiger partial charge in [-0.15, -0.1) is 0 Å². The van der Waals surface area contributed by atoms with Gasteiger partial charge in [0.05, 0.1) is 17.5 Å². The lowest BCUT2D eigenvalue weighted by atomic mass is 9.85. The Morgan fingerprint density at radius 3 is 2.26 bits per heavy atom. The van der Waals surface area contributed by atoms with Gasteiger partial charge >= 0.3 is 0 Å². The Morgan fingerprint density at radius 1 is 1.05 bits per heavy atom. The number of rotatable bonds is 1. The van der Waals surface area contributed by atoms with Gasteiger partial charge in [-0.2, -0.15) is 0 Å². The summed E-state index contributed by atoms with van der Waals surface area (Å²) in [5.41, 5.74) is 1.79. The Labute approximate surface area is 111 Å². The van der Waals surface area contributed by atoms with E-state index in [1.165, 1.54) is 4.90 Å². The van der Waals surface area contributed by atoms with E-state index in [-0.39, 0.29) is 35.5 Å². The predicted octanol–water partition coefficient (Wildman–Crippen LogP) is 2.31. The van der Waals surface area contributed by atoms with Gasteiger partial charge in [-0.05, 0) is 42.9 Å². The Morgan fingerprint density at radius 2 is 1.68 bits per heavy atom. The lowest BCUT2D eigenvalue weighted by molar-refractivity contribution is -0.123. The molecule has 4 atom stereocenters. The van der Waals surface area contributed by atoms with Crippen LogP contribution in [0, 0.1) is 30.6 Å². The van der Waals surface area contributed by atoms with Gasteiger partial charge in [-0.1, -0.05) is 24.3 Å². The number of aryl methyl sites for hydroxylation is 1. The molecule has 1 aromatic rings. The van der Waals surface area contributed by atoms with Crippen molar-refractivity contribution in [3.05, 3.63) is 42.0 Å². The molecule has 0 N–H and O–H groups in total. The van der Waals surface area contributed by atoms with Gasteiger partial charge in [-0.25, -0.2) is 0 Å². The van der Waals surface area contributed by atoms with Crippen LogP contribution in [0.5, 0.6) is 0 Å². The van der Waals surface area contributed by atoms with E-state index >= 15 is 0 Å². The molecule has 4 rings (SSSR count). The van der Waals surface area contributed by atoms with E-state index < -0.39 is 0 Å². The molecule has 3 nitrogen and oxygen atoms in total. The number of fused-ring (bicyclic) bond motifs is 5. The molecule has 1 saturated heterocycles. The number of hydrogen-bond donors (Lipinski definition) is 0. The molecule has 0 spiro atoms. The van der Waals surface area contributed by atoms with Crippen LogP contribution >= 0.6 is 0 Å². The number of imide groups is 1. The molecule has 2 amide bonds. The van der Waals surface area contributed by atoms with Crippen LogP contribution in [0.4, 0.5) is 5.69 Å². The van der Waals surface area contributed by atoms with Gasteiger partial charge in [0.15, 0.2) is 0 Å². The summed E-state index contributed by atoms with van der Waals surface area (Å²) < 4.78 is 0. The molecule has 2 aliphatic carbocycles. The van der Waals surface area contributed by atoms with Crippen molar-refractivity contribution < 1.29 is 9.59 Å². The lowest BCUT2D eigenvalue weighted by Gasteiger charge is -2.17. The number of anilines is 1. The first kappa shape index (κ1) is 11.0. The van der Waals surface area contributed by atoms with Crippen LogP contribution in [0.3, 0.4) is 0 Å². The van der Waals surface area contributed by atoms with Crippen LogP contribution in [-0.4, -0.2) is 11.8 Å². The highest BCUT2D eigenvalue weighted by molar-refractivity contribution is 6.22. The van der Waals surface area contributed by atoms with Crippen LogP contribution in [-0.2, 0) is 9.59 Å². The summed E-state index contributed by atoms with van der Waals surface area (Å²) in [5, 5.41) is 0. The number of benzene rings is 1. The third-order valence-corrected chi connectivity index (χ3v) is 4.73. The second-order valence-electron chi connectivity index (χ2n) is 5.85. The monoisotopic (exact) mass is 253 g/mol. The molecule has 96 valence electrons. The van der Waals surface area contributed by atoms with Crippen LogP contribution < -0.4 is 4.90 Å². The molecule has 2 fully saturated rings. The van der Waals surface area contributed by atoms with E-state index in [1.807, 2.05) is 31.2 Å². The molecule has 1 saturated carbocycles. The highest BCUT2D eigenvalue weighted by atomic mass is 16.2. The molecule has 2 bridgehead atoms. The molecular formula is C16H15NO2. The van der Waals surface area contributed by atoms with Gasteiger partial charge in [0.25, 0.3) is 0 Å². The van der Waals surface area contributed by atoms with Crippen molar-refractivity contribution in [1.82, 2.24) is 0 Å². The Balaban J connectivity index is 1.77. The Bertz CT molecular complexity index is 589. The van der Waals surface area contributed by atoms with E-state index in [4.69, 9.17) is 0 Å². The molecule has 3 aliphatic rings. The fourth-order valence-corrected chi connectivity index (χ4v) is 3.92. The van der Waals surface area contributed by atoms with Crippen LogP contribution in [0.25, 0.3) is 0 Å². The SMILES string of the molecule is Cc1cccc(N2C(=O)[C@@H]3[C@@H](C2=O)[C@H]2C=C[C@@H]3C2)c1. The molecule has 1 heterocycles. The Kier molecular flexibility index (Phi) is 2.06. The van der Waals surface area contributed by atoms with Gasteiger partial charge in [0.1, 0.15) is 0 Å². The van der Waals surface area contributed by atoms with Gasteiger partial charge < -0.3 is 0 Å². The quantitative estimate of drug-likeness (QED) is 0.569. The van der Waals surface area contributed by atoms with Crippen molar-refractivity contribution in [2.45, 2.75) is 13.3 Å². The normalized spacial score (nSPS) is 35.3. The van der Waals surface area contributed by atoms with E-state index in [1.54, 1.807) is 0 Å². The third kappa shape index (κ3) is 1.33. The first-order chi connectivity index (χ1) is 9.16. The van der Waals surface area contributed by atoms with E-state index in [2.05, 4.69) is 12.2 Å². The smallest absolute Gasteiger partial charge is 0.238 e. The summed E-state index contributed by atoms with van der Waals surface area (Å²) in [7, 11) is 0. The minimum atomic E-state index is -0.108. The molecule has 0 unspecified atom stereocenters. The summed E-state index contributed by atoms with van der Waals surface area (Å²) in [6.07, 6.45) is 5.22. The number of nitrogens with zero attached hydrogens (tertiary/aromatic N) is 1. The van der Waals surface area contributed by atoms with Crippen molar-refractivity contribution in [2.24, 2.45) is 23.7 Å². The topological polar surface area (TPSA) is 37.4 Å². The second kappa shape index (κ2) is 3.56. The first-order valence-corrected chi connectivity index (χ1v) is 6.79. The number of amides is 2. The molecular weight excluding hydrogens is 238 g/mol. The van der Waals surface area contributed by atoms with Crippen LogP contribution in [0.1, 0.15) is 12.0 Å². The van der Waals surface area contributed by atoms with E-state index in [9.17, 15) is 9.59 Å². The van der Waals surface area contributed by atoms with Gasteiger partial charge in [-0.3, -0.25) is 14.5 Å². The maximum Gasteiger partial charge on any atom is 0.238 e. The summed E-state index contributed by atoms with van der Waals surface area (Å²) in [6.45, 7) is 1.97. The molecule has 0 radical (unpaired) electrons. The van der Waals surface area contributed by atoms with Crippen molar-refractivity contribution >= 4 is 17.5 Å². The summed E-state index contributed by atoms with van der Waals surface area (Å²) in [6, 6.07) is 7.62. The zero-order valence-corrected chi connectivity index (χ0v) is 10.7. The van der Waals surface area contributed by atoms with E-state index in [0.717, 1.165) is 17.7 Å². The first-order valence-electron chi connectivity index (χ1n) is 6.79. The molecule has 1 aromatic carbocycles. The second-order valence-corrected chi connectivity index (χ2v) is 5.85. The summed E-state index contributed by atoms with van der Waals surface area (Å²) >= 11 is 0. The highest BCUT2D eigenvalue weighted by Crippen LogP contribution is 2.53.